The number of carbonyl (C=O) groups excluding carboxylic acids is 2. The van der Waals surface area contributed by atoms with Crippen molar-refractivity contribution in [2.45, 2.75) is 25.0 Å². The van der Waals surface area contributed by atoms with E-state index >= 15 is 0 Å². The Morgan fingerprint density at radius 2 is 2.19 bits per heavy atom. The van der Waals surface area contributed by atoms with Gasteiger partial charge >= 0.3 is 6.03 Å². The van der Waals surface area contributed by atoms with Gasteiger partial charge in [0.1, 0.15) is 6.04 Å². The van der Waals surface area contributed by atoms with Crippen LogP contribution in [0.1, 0.15) is 12.8 Å². The SMILES string of the molecule is O=C1[C@@H]2C[C@@H](O)CN2C(=O)N2CCC=CN12. The van der Waals surface area contributed by atoms with Crippen molar-refractivity contribution in [2.75, 3.05) is 13.1 Å². The van der Waals surface area contributed by atoms with Crippen LogP contribution in [0.5, 0.6) is 0 Å². The molecule has 2 fully saturated rings. The average Bonchev–Trinajstić information content (AvgIpc) is 2.68. The first-order valence-electron chi connectivity index (χ1n) is 5.44. The molecule has 0 aromatic carbocycles. The summed E-state index contributed by atoms with van der Waals surface area (Å²) in [5, 5.41) is 12.3. The number of hydrogen-bond donors (Lipinski definition) is 1. The summed E-state index contributed by atoms with van der Waals surface area (Å²) >= 11 is 0. The number of rotatable bonds is 0. The van der Waals surface area contributed by atoms with Gasteiger partial charge in [0, 0.05) is 25.7 Å². The normalized spacial score (nSPS) is 33.2. The van der Waals surface area contributed by atoms with Crippen LogP contribution in [0, 0.1) is 0 Å². The number of amides is 3. The van der Waals surface area contributed by atoms with Gasteiger partial charge < -0.3 is 10.0 Å². The molecule has 0 bridgehead atoms. The highest BCUT2D eigenvalue weighted by Crippen LogP contribution is 2.28. The lowest BCUT2D eigenvalue weighted by Crippen LogP contribution is -2.64. The van der Waals surface area contributed by atoms with E-state index in [-0.39, 0.29) is 18.5 Å². The maximum absolute atomic E-state index is 12.1. The Morgan fingerprint density at radius 1 is 1.38 bits per heavy atom. The van der Waals surface area contributed by atoms with Crippen molar-refractivity contribution in [1.29, 1.82) is 0 Å². The topological polar surface area (TPSA) is 64.1 Å². The molecule has 0 aliphatic carbocycles. The van der Waals surface area contributed by atoms with Crippen molar-refractivity contribution < 1.29 is 14.7 Å². The Labute approximate surface area is 92.7 Å². The van der Waals surface area contributed by atoms with E-state index in [1.54, 1.807) is 6.20 Å². The third-order valence-corrected chi connectivity index (χ3v) is 3.27. The van der Waals surface area contributed by atoms with E-state index in [9.17, 15) is 14.7 Å². The summed E-state index contributed by atoms with van der Waals surface area (Å²) in [5.74, 6) is -0.118. The number of hydrogen-bond acceptors (Lipinski definition) is 3. The average molecular weight is 223 g/mol. The molecule has 0 aromatic rings. The summed E-state index contributed by atoms with van der Waals surface area (Å²) in [6.07, 6.45) is 4.05. The number of fused-ring (bicyclic) bond motifs is 2. The zero-order valence-corrected chi connectivity index (χ0v) is 8.74. The number of urea groups is 1. The van der Waals surface area contributed by atoms with Crippen LogP contribution in [0.2, 0.25) is 0 Å². The van der Waals surface area contributed by atoms with Crippen molar-refractivity contribution in [3.63, 3.8) is 0 Å². The van der Waals surface area contributed by atoms with Crippen molar-refractivity contribution in [1.82, 2.24) is 14.9 Å². The zero-order chi connectivity index (χ0) is 11.3. The highest BCUT2D eigenvalue weighted by molar-refractivity contribution is 5.93. The van der Waals surface area contributed by atoms with Crippen LogP contribution in [-0.2, 0) is 4.79 Å². The van der Waals surface area contributed by atoms with E-state index in [2.05, 4.69) is 0 Å². The minimum Gasteiger partial charge on any atom is -0.391 e. The lowest BCUT2D eigenvalue weighted by molar-refractivity contribution is -0.150. The first kappa shape index (κ1) is 9.65. The molecule has 6 heteroatoms. The first-order valence-corrected chi connectivity index (χ1v) is 5.44. The fourth-order valence-electron chi connectivity index (χ4n) is 2.50. The standard InChI is InChI=1S/C10H13N3O3/c14-7-5-8-9(15)12-3-1-2-4-13(12)10(16)11(8)6-7/h1,3,7-8,14H,2,4-6H2/t7-,8+/m1/s1. The van der Waals surface area contributed by atoms with E-state index < -0.39 is 12.1 Å². The zero-order valence-electron chi connectivity index (χ0n) is 8.74. The van der Waals surface area contributed by atoms with Crippen LogP contribution >= 0.6 is 0 Å². The summed E-state index contributed by atoms with van der Waals surface area (Å²) in [5.41, 5.74) is 0. The summed E-state index contributed by atoms with van der Waals surface area (Å²) in [7, 11) is 0. The molecule has 2 atom stereocenters. The van der Waals surface area contributed by atoms with Gasteiger partial charge in [0.15, 0.2) is 0 Å². The van der Waals surface area contributed by atoms with Gasteiger partial charge in [0.2, 0.25) is 0 Å². The Kier molecular flexibility index (Phi) is 1.94. The van der Waals surface area contributed by atoms with Crippen LogP contribution in [0.25, 0.3) is 0 Å². The largest absolute Gasteiger partial charge is 0.391 e. The molecule has 16 heavy (non-hydrogen) atoms. The molecular weight excluding hydrogens is 210 g/mol. The molecule has 6 nitrogen and oxygen atoms in total. The van der Waals surface area contributed by atoms with Gasteiger partial charge in [-0.25, -0.2) is 14.8 Å². The molecular formula is C10H13N3O3. The van der Waals surface area contributed by atoms with Crippen LogP contribution in [0.3, 0.4) is 0 Å². The van der Waals surface area contributed by atoms with Gasteiger partial charge in [0.25, 0.3) is 5.91 Å². The summed E-state index contributed by atoms with van der Waals surface area (Å²) in [4.78, 5) is 25.6. The van der Waals surface area contributed by atoms with Crippen molar-refractivity contribution in [2.24, 2.45) is 0 Å². The highest BCUT2D eigenvalue weighted by atomic mass is 16.3. The highest BCUT2D eigenvalue weighted by Gasteiger charge is 2.48. The Morgan fingerprint density at radius 3 is 3.00 bits per heavy atom. The molecule has 3 aliphatic rings. The summed E-state index contributed by atoms with van der Waals surface area (Å²) < 4.78 is 0. The van der Waals surface area contributed by atoms with Crippen LogP contribution in [0.4, 0.5) is 4.79 Å². The molecule has 3 rings (SSSR count). The molecule has 0 radical (unpaired) electrons. The minimum atomic E-state index is -0.579. The number of aliphatic hydroxyl groups excluding tert-OH is 1. The Balaban J connectivity index is 1.96. The lowest BCUT2D eigenvalue weighted by Gasteiger charge is -2.44. The smallest absolute Gasteiger partial charge is 0.340 e. The second-order valence-corrected chi connectivity index (χ2v) is 4.32. The van der Waals surface area contributed by atoms with Gasteiger partial charge in [0.05, 0.1) is 6.10 Å². The Hall–Kier alpha value is -1.56. The molecule has 86 valence electrons. The molecule has 0 saturated carbocycles. The molecule has 0 aromatic heterocycles. The molecule has 3 aliphatic heterocycles. The second kappa shape index (κ2) is 3.21. The van der Waals surface area contributed by atoms with Gasteiger partial charge in [-0.05, 0) is 6.42 Å². The van der Waals surface area contributed by atoms with E-state index in [0.717, 1.165) is 6.42 Å². The number of aliphatic hydroxyl groups is 1. The predicted octanol–water partition coefficient (Wildman–Crippen LogP) is -0.482. The maximum Gasteiger partial charge on any atom is 0.340 e. The number of hydrazine groups is 1. The molecule has 1 N–H and O–H groups in total. The van der Waals surface area contributed by atoms with Crippen LogP contribution in [-0.4, -0.2) is 57.2 Å². The molecule has 2 saturated heterocycles. The van der Waals surface area contributed by atoms with Crippen molar-refractivity contribution in [3.8, 4) is 0 Å². The van der Waals surface area contributed by atoms with Gasteiger partial charge in [-0.15, -0.1) is 0 Å². The van der Waals surface area contributed by atoms with Crippen molar-refractivity contribution in [3.05, 3.63) is 12.3 Å². The molecule has 3 heterocycles. The number of nitrogens with zero attached hydrogens (tertiary/aromatic N) is 3. The van der Waals surface area contributed by atoms with E-state index in [1.807, 2.05) is 6.08 Å². The van der Waals surface area contributed by atoms with E-state index in [1.165, 1.54) is 14.9 Å². The predicted molar refractivity (Wildman–Crippen MR) is 53.8 cm³/mol. The molecule has 0 unspecified atom stereocenters. The third kappa shape index (κ3) is 1.16. The van der Waals surface area contributed by atoms with E-state index in [4.69, 9.17) is 0 Å². The van der Waals surface area contributed by atoms with Gasteiger partial charge in [-0.2, -0.15) is 0 Å². The third-order valence-electron chi connectivity index (χ3n) is 3.27. The summed E-state index contributed by atoms with van der Waals surface area (Å²) in [6, 6.07) is -0.660. The quantitative estimate of drug-likeness (QED) is 0.603. The van der Waals surface area contributed by atoms with Crippen LogP contribution < -0.4 is 0 Å². The number of carbonyl (C=O) groups is 2. The molecule has 3 amide bonds. The maximum atomic E-state index is 12.1. The van der Waals surface area contributed by atoms with Gasteiger partial charge in [-0.1, -0.05) is 6.08 Å². The minimum absolute atomic E-state index is 0.118. The lowest BCUT2D eigenvalue weighted by atomic mass is 10.1. The van der Waals surface area contributed by atoms with E-state index in [0.29, 0.717) is 13.0 Å². The first-order chi connectivity index (χ1) is 7.68. The fraction of sp³-hybridized carbons (Fsp3) is 0.600. The second-order valence-electron chi connectivity index (χ2n) is 4.32. The van der Waals surface area contributed by atoms with Gasteiger partial charge in [-0.3, -0.25) is 4.79 Å². The fourth-order valence-corrected chi connectivity index (χ4v) is 2.50. The Bertz CT molecular complexity index is 382. The molecule has 0 spiro atoms. The van der Waals surface area contributed by atoms with Crippen LogP contribution in [0.15, 0.2) is 12.3 Å². The van der Waals surface area contributed by atoms with Crippen molar-refractivity contribution >= 4 is 11.9 Å². The summed E-state index contributed by atoms with van der Waals surface area (Å²) in [6.45, 7) is 0.795. The monoisotopic (exact) mass is 223 g/mol.